The van der Waals surface area contributed by atoms with Crippen LogP contribution >= 0.6 is 15.9 Å². The molecule has 0 amide bonds. The summed E-state index contributed by atoms with van der Waals surface area (Å²) in [6.07, 6.45) is -0.549. The fraction of sp³-hybridized carbons (Fsp3) is 0.333. The fourth-order valence-electron chi connectivity index (χ4n) is 1.16. The third-order valence-corrected chi connectivity index (χ3v) is 2.39. The average molecular weight is 269 g/mol. The Kier molecular flexibility index (Phi) is 4.67. The van der Waals surface area contributed by atoms with Crippen molar-refractivity contribution in [2.24, 2.45) is 0 Å². The van der Waals surface area contributed by atoms with Crippen molar-refractivity contribution < 1.29 is 9.84 Å². The largest absolute Gasteiger partial charge is 0.481 e. The van der Waals surface area contributed by atoms with Crippen LogP contribution in [0.4, 0.5) is 0 Å². The van der Waals surface area contributed by atoms with Gasteiger partial charge >= 0.3 is 0 Å². The molecule has 80 valence electrons. The zero-order valence-electron chi connectivity index (χ0n) is 8.75. The van der Waals surface area contributed by atoms with Gasteiger partial charge in [0.2, 0.25) is 0 Å². The van der Waals surface area contributed by atoms with Gasteiger partial charge in [-0.1, -0.05) is 21.9 Å². The molecule has 1 rings (SSSR count). The van der Waals surface area contributed by atoms with E-state index in [0.29, 0.717) is 12.4 Å². The Bertz CT molecular complexity index is 388. The topological polar surface area (TPSA) is 29.5 Å². The molecule has 0 aliphatic heterocycles. The molecule has 0 saturated heterocycles. The SMILES string of the molecule is CC#CCOc1ccc(Br)cc1[C@@H](C)O. The van der Waals surface area contributed by atoms with Crippen LogP contribution in [0.1, 0.15) is 25.5 Å². The van der Waals surface area contributed by atoms with E-state index >= 15 is 0 Å². The molecule has 3 heteroatoms. The van der Waals surface area contributed by atoms with Crippen molar-refractivity contribution in [2.75, 3.05) is 6.61 Å². The number of aliphatic hydroxyl groups excluding tert-OH is 1. The van der Waals surface area contributed by atoms with E-state index in [-0.39, 0.29) is 0 Å². The second kappa shape index (κ2) is 5.79. The molecule has 0 bridgehead atoms. The molecule has 0 aliphatic carbocycles. The van der Waals surface area contributed by atoms with Crippen molar-refractivity contribution in [3.63, 3.8) is 0 Å². The summed E-state index contributed by atoms with van der Waals surface area (Å²) >= 11 is 3.35. The number of benzene rings is 1. The second-order valence-electron chi connectivity index (χ2n) is 3.07. The Balaban J connectivity index is 2.89. The summed E-state index contributed by atoms with van der Waals surface area (Å²) < 4.78 is 6.36. The van der Waals surface area contributed by atoms with Gasteiger partial charge < -0.3 is 9.84 Å². The highest BCUT2D eigenvalue weighted by Gasteiger charge is 2.09. The lowest BCUT2D eigenvalue weighted by Crippen LogP contribution is -2.00. The Morgan fingerprint density at radius 1 is 1.53 bits per heavy atom. The highest BCUT2D eigenvalue weighted by atomic mass is 79.9. The number of ether oxygens (including phenoxy) is 1. The number of rotatable bonds is 3. The van der Waals surface area contributed by atoms with E-state index in [0.717, 1.165) is 10.0 Å². The molecule has 15 heavy (non-hydrogen) atoms. The van der Waals surface area contributed by atoms with Gasteiger partial charge in [-0.05, 0) is 32.0 Å². The first-order chi connectivity index (χ1) is 7.15. The molecule has 0 saturated carbocycles. The first-order valence-corrected chi connectivity index (χ1v) is 5.44. The first kappa shape index (κ1) is 12.1. The van der Waals surface area contributed by atoms with E-state index in [4.69, 9.17) is 4.74 Å². The maximum Gasteiger partial charge on any atom is 0.149 e. The lowest BCUT2D eigenvalue weighted by atomic mass is 10.1. The minimum atomic E-state index is -0.549. The van der Waals surface area contributed by atoms with Crippen molar-refractivity contribution in [1.29, 1.82) is 0 Å². The zero-order valence-corrected chi connectivity index (χ0v) is 10.3. The van der Waals surface area contributed by atoms with Gasteiger partial charge in [0.05, 0.1) is 6.10 Å². The number of aliphatic hydroxyl groups is 1. The molecule has 0 fully saturated rings. The van der Waals surface area contributed by atoms with Crippen molar-refractivity contribution in [3.05, 3.63) is 28.2 Å². The third-order valence-electron chi connectivity index (χ3n) is 1.90. The maximum atomic E-state index is 9.55. The van der Waals surface area contributed by atoms with Crippen LogP contribution in [0.2, 0.25) is 0 Å². The number of halogens is 1. The fourth-order valence-corrected chi connectivity index (χ4v) is 1.54. The van der Waals surface area contributed by atoms with Crippen LogP contribution in [0, 0.1) is 11.8 Å². The minimum absolute atomic E-state index is 0.345. The molecule has 2 nitrogen and oxygen atoms in total. The lowest BCUT2D eigenvalue weighted by molar-refractivity contribution is 0.193. The predicted octanol–water partition coefficient (Wildman–Crippen LogP) is 2.90. The molecule has 0 radical (unpaired) electrons. The smallest absolute Gasteiger partial charge is 0.149 e. The zero-order chi connectivity index (χ0) is 11.3. The van der Waals surface area contributed by atoms with Gasteiger partial charge in [-0.3, -0.25) is 0 Å². The molecule has 1 atom stereocenters. The van der Waals surface area contributed by atoms with Gasteiger partial charge in [0, 0.05) is 10.0 Å². The predicted molar refractivity (Wildman–Crippen MR) is 63.7 cm³/mol. The summed E-state index contributed by atoms with van der Waals surface area (Å²) in [5.74, 6) is 6.24. The molecule has 0 unspecified atom stereocenters. The molecule has 1 aromatic rings. The van der Waals surface area contributed by atoms with Crippen LogP contribution in [0.25, 0.3) is 0 Å². The lowest BCUT2D eigenvalue weighted by Gasteiger charge is -2.12. The molecule has 0 spiro atoms. The summed E-state index contributed by atoms with van der Waals surface area (Å²) in [7, 11) is 0. The molecule has 0 aromatic heterocycles. The van der Waals surface area contributed by atoms with E-state index < -0.39 is 6.10 Å². The van der Waals surface area contributed by atoms with Crippen LogP contribution in [-0.4, -0.2) is 11.7 Å². The Labute approximate surface area is 98.4 Å². The molecule has 1 aromatic carbocycles. The highest BCUT2D eigenvalue weighted by molar-refractivity contribution is 9.10. The quantitative estimate of drug-likeness (QED) is 0.855. The normalized spacial score (nSPS) is 11.5. The maximum absolute atomic E-state index is 9.55. The van der Waals surface area contributed by atoms with Gasteiger partial charge in [0.25, 0.3) is 0 Å². The van der Waals surface area contributed by atoms with Gasteiger partial charge in [0.15, 0.2) is 0 Å². The third kappa shape index (κ3) is 3.58. The number of hydrogen-bond acceptors (Lipinski definition) is 2. The van der Waals surface area contributed by atoms with Gasteiger partial charge in [-0.25, -0.2) is 0 Å². The van der Waals surface area contributed by atoms with Crippen LogP contribution in [-0.2, 0) is 0 Å². The summed E-state index contributed by atoms with van der Waals surface area (Å²) in [5.41, 5.74) is 0.766. The van der Waals surface area contributed by atoms with Crippen LogP contribution in [0.15, 0.2) is 22.7 Å². The highest BCUT2D eigenvalue weighted by Crippen LogP contribution is 2.28. The molecular formula is C12H13BrO2. The first-order valence-electron chi connectivity index (χ1n) is 4.65. The van der Waals surface area contributed by atoms with Gasteiger partial charge in [0.1, 0.15) is 12.4 Å². The van der Waals surface area contributed by atoms with Crippen LogP contribution in [0.3, 0.4) is 0 Å². The molecule has 1 N–H and O–H groups in total. The van der Waals surface area contributed by atoms with Crippen LogP contribution < -0.4 is 4.74 Å². The monoisotopic (exact) mass is 268 g/mol. The molecular weight excluding hydrogens is 256 g/mol. The van der Waals surface area contributed by atoms with E-state index in [1.807, 2.05) is 18.2 Å². The molecule has 0 heterocycles. The van der Waals surface area contributed by atoms with Crippen molar-refractivity contribution in [2.45, 2.75) is 20.0 Å². The van der Waals surface area contributed by atoms with E-state index in [9.17, 15) is 5.11 Å². The Morgan fingerprint density at radius 3 is 2.87 bits per heavy atom. The van der Waals surface area contributed by atoms with E-state index in [1.54, 1.807) is 13.8 Å². The standard InChI is InChI=1S/C12H13BrO2/c1-3-4-7-15-12-6-5-10(13)8-11(12)9(2)14/h5-6,8-9,14H,7H2,1-2H3/t9-/m1/s1. The van der Waals surface area contributed by atoms with Crippen molar-refractivity contribution in [3.8, 4) is 17.6 Å². The average Bonchev–Trinajstić information content (AvgIpc) is 2.20. The van der Waals surface area contributed by atoms with E-state index in [2.05, 4.69) is 27.8 Å². The number of hydrogen-bond donors (Lipinski definition) is 1. The summed E-state index contributed by atoms with van der Waals surface area (Å²) in [4.78, 5) is 0. The summed E-state index contributed by atoms with van der Waals surface area (Å²) in [6, 6.07) is 5.55. The summed E-state index contributed by atoms with van der Waals surface area (Å²) in [5, 5.41) is 9.55. The Morgan fingerprint density at radius 2 is 2.27 bits per heavy atom. The van der Waals surface area contributed by atoms with Gasteiger partial charge in [-0.15, -0.1) is 5.92 Å². The summed E-state index contributed by atoms with van der Waals surface area (Å²) in [6.45, 7) is 3.82. The van der Waals surface area contributed by atoms with E-state index in [1.165, 1.54) is 0 Å². The molecule has 0 aliphatic rings. The second-order valence-corrected chi connectivity index (χ2v) is 3.99. The Hall–Kier alpha value is -0.980. The van der Waals surface area contributed by atoms with Crippen LogP contribution in [0.5, 0.6) is 5.75 Å². The van der Waals surface area contributed by atoms with Crippen molar-refractivity contribution in [1.82, 2.24) is 0 Å². The van der Waals surface area contributed by atoms with Gasteiger partial charge in [-0.2, -0.15) is 0 Å². The minimum Gasteiger partial charge on any atom is -0.481 e. The van der Waals surface area contributed by atoms with Crippen molar-refractivity contribution >= 4 is 15.9 Å².